The van der Waals surface area contributed by atoms with Crippen LogP contribution in [0.4, 0.5) is 0 Å². The highest BCUT2D eigenvalue weighted by Crippen LogP contribution is 2.22. The topological polar surface area (TPSA) is 24.1 Å². The Labute approximate surface area is 82.5 Å². The van der Waals surface area contributed by atoms with Gasteiger partial charge >= 0.3 is 0 Å². The van der Waals surface area contributed by atoms with Gasteiger partial charge in [0.05, 0.1) is 0 Å². The van der Waals surface area contributed by atoms with Gasteiger partial charge in [-0.1, -0.05) is 6.92 Å². The molecule has 0 aromatic rings. The average molecular weight is 184 g/mol. The van der Waals surface area contributed by atoms with Crippen LogP contribution in [0.5, 0.6) is 0 Å². The summed E-state index contributed by atoms with van der Waals surface area (Å²) in [6.45, 7) is 11.3. The van der Waals surface area contributed by atoms with Gasteiger partial charge in [-0.25, -0.2) is 0 Å². The Bertz CT molecular complexity index is 152. The number of hydrogen-bond acceptors (Lipinski definition) is 2. The van der Waals surface area contributed by atoms with Gasteiger partial charge in [0.25, 0.3) is 0 Å². The second-order valence-electron chi connectivity index (χ2n) is 5.27. The second-order valence-corrected chi connectivity index (χ2v) is 5.27. The van der Waals surface area contributed by atoms with Crippen molar-refractivity contribution in [3.05, 3.63) is 0 Å². The molecule has 2 N–H and O–H groups in total. The van der Waals surface area contributed by atoms with E-state index in [0.717, 1.165) is 6.54 Å². The molecule has 1 atom stereocenters. The van der Waals surface area contributed by atoms with Crippen molar-refractivity contribution in [2.45, 2.75) is 58.0 Å². The van der Waals surface area contributed by atoms with Crippen molar-refractivity contribution in [1.29, 1.82) is 0 Å². The van der Waals surface area contributed by atoms with Crippen molar-refractivity contribution in [2.24, 2.45) is 0 Å². The Morgan fingerprint density at radius 3 is 2.46 bits per heavy atom. The Morgan fingerprint density at radius 2 is 2.08 bits per heavy atom. The summed E-state index contributed by atoms with van der Waals surface area (Å²) in [6, 6.07) is 0. The third-order valence-electron chi connectivity index (χ3n) is 2.97. The van der Waals surface area contributed by atoms with Crippen LogP contribution in [0.1, 0.15) is 47.0 Å². The molecule has 78 valence electrons. The molecule has 1 saturated heterocycles. The molecule has 0 saturated carbocycles. The smallest absolute Gasteiger partial charge is 0.0304 e. The summed E-state index contributed by atoms with van der Waals surface area (Å²) in [6.07, 6.45) is 3.89. The van der Waals surface area contributed by atoms with Crippen LogP contribution in [-0.4, -0.2) is 24.2 Å². The van der Waals surface area contributed by atoms with Gasteiger partial charge in [-0.2, -0.15) is 0 Å². The molecule has 0 aromatic heterocycles. The van der Waals surface area contributed by atoms with Gasteiger partial charge in [0.1, 0.15) is 0 Å². The van der Waals surface area contributed by atoms with E-state index in [9.17, 15) is 0 Å². The summed E-state index contributed by atoms with van der Waals surface area (Å²) in [5, 5.41) is 7.22. The molecule has 0 radical (unpaired) electrons. The Kier molecular flexibility index (Phi) is 3.36. The Balaban J connectivity index is 2.40. The van der Waals surface area contributed by atoms with E-state index in [1.165, 1.54) is 25.8 Å². The van der Waals surface area contributed by atoms with Crippen LogP contribution < -0.4 is 10.6 Å². The van der Waals surface area contributed by atoms with Crippen molar-refractivity contribution < 1.29 is 0 Å². The standard InChI is InChI=1S/C11H24N2/c1-5-11(7-6-8-12-11)9-13-10(2,3)4/h12-13H,5-9H2,1-4H3. The third kappa shape index (κ3) is 3.28. The van der Waals surface area contributed by atoms with Crippen LogP contribution in [0.2, 0.25) is 0 Å². The molecule has 0 spiro atoms. The number of nitrogens with one attached hydrogen (secondary N) is 2. The first-order valence-electron chi connectivity index (χ1n) is 5.47. The quantitative estimate of drug-likeness (QED) is 0.700. The van der Waals surface area contributed by atoms with Gasteiger partial charge in [0.2, 0.25) is 0 Å². The summed E-state index contributed by atoms with van der Waals surface area (Å²) in [5.41, 5.74) is 0.625. The van der Waals surface area contributed by atoms with Crippen LogP contribution in [0.15, 0.2) is 0 Å². The molecule has 0 bridgehead atoms. The predicted molar refractivity (Wildman–Crippen MR) is 58.0 cm³/mol. The van der Waals surface area contributed by atoms with Gasteiger partial charge in [0.15, 0.2) is 0 Å². The van der Waals surface area contributed by atoms with Crippen LogP contribution in [0.3, 0.4) is 0 Å². The monoisotopic (exact) mass is 184 g/mol. The molecular weight excluding hydrogens is 160 g/mol. The third-order valence-corrected chi connectivity index (χ3v) is 2.97. The summed E-state index contributed by atoms with van der Waals surface area (Å²) in [5.74, 6) is 0. The lowest BCUT2D eigenvalue weighted by molar-refractivity contribution is 0.295. The fourth-order valence-electron chi connectivity index (χ4n) is 1.88. The van der Waals surface area contributed by atoms with E-state index in [1.807, 2.05) is 0 Å². The minimum Gasteiger partial charge on any atom is -0.310 e. The molecule has 2 heteroatoms. The van der Waals surface area contributed by atoms with Gasteiger partial charge in [0, 0.05) is 17.6 Å². The van der Waals surface area contributed by atoms with E-state index in [4.69, 9.17) is 0 Å². The SMILES string of the molecule is CCC1(CNC(C)(C)C)CCCN1. The normalized spacial score (nSPS) is 29.5. The molecule has 1 aliphatic heterocycles. The molecule has 0 aliphatic carbocycles. The van der Waals surface area contributed by atoms with Gasteiger partial charge in [-0.05, 0) is 46.6 Å². The molecule has 0 amide bonds. The highest BCUT2D eigenvalue weighted by Gasteiger charge is 2.31. The van der Waals surface area contributed by atoms with Crippen molar-refractivity contribution in [2.75, 3.05) is 13.1 Å². The fraction of sp³-hybridized carbons (Fsp3) is 1.00. The summed E-state index contributed by atoms with van der Waals surface area (Å²) in [4.78, 5) is 0. The van der Waals surface area contributed by atoms with Crippen LogP contribution in [0, 0.1) is 0 Å². The minimum absolute atomic E-state index is 0.242. The predicted octanol–water partition coefficient (Wildman–Crippen LogP) is 1.91. The van der Waals surface area contributed by atoms with Crippen molar-refractivity contribution in [3.8, 4) is 0 Å². The molecule has 1 fully saturated rings. The van der Waals surface area contributed by atoms with E-state index >= 15 is 0 Å². The molecule has 1 heterocycles. The van der Waals surface area contributed by atoms with Gasteiger partial charge in [-0.3, -0.25) is 0 Å². The largest absolute Gasteiger partial charge is 0.310 e. The number of hydrogen-bond donors (Lipinski definition) is 2. The Hall–Kier alpha value is -0.0800. The van der Waals surface area contributed by atoms with Crippen LogP contribution >= 0.6 is 0 Å². The van der Waals surface area contributed by atoms with Crippen LogP contribution in [-0.2, 0) is 0 Å². The van der Waals surface area contributed by atoms with E-state index in [1.54, 1.807) is 0 Å². The molecule has 1 aliphatic rings. The zero-order valence-corrected chi connectivity index (χ0v) is 9.54. The van der Waals surface area contributed by atoms with Crippen molar-refractivity contribution in [1.82, 2.24) is 10.6 Å². The highest BCUT2D eigenvalue weighted by molar-refractivity contribution is 4.95. The second kappa shape index (κ2) is 3.97. The lowest BCUT2D eigenvalue weighted by atomic mass is 9.93. The molecule has 0 aromatic carbocycles. The van der Waals surface area contributed by atoms with E-state index < -0.39 is 0 Å². The molecule has 1 unspecified atom stereocenters. The number of rotatable bonds is 3. The van der Waals surface area contributed by atoms with Crippen molar-refractivity contribution in [3.63, 3.8) is 0 Å². The molecule has 1 rings (SSSR count). The van der Waals surface area contributed by atoms with Gasteiger partial charge < -0.3 is 10.6 Å². The maximum atomic E-state index is 3.63. The zero-order valence-electron chi connectivity index (χ0n) is 9.54. The maximum absolute atomic E-state index is 3.63. The Morgan fingerprint density at radius 1 is 1.38 bits per heavy atom. The summed E-state index contributed by atoms with van der Waals surface area (Å²) < 4.78 is 0. The molecule has 2 nitrogen and oxygen atoms in total. The van der Waals surface area contributed by atoms with E-state index in [-0.39, 0.29) is 5.54 Å². The van der Waals surface area contributed by atoms with Gasteiger partial charge in [-0.15, -0.1) is 0 Å². The van der Waals surface area contributed by atoms with E-state index in [0.29, 0.717) is 5.54 Å². The first-order valence-corrected chi connectivity index (χ1v) is 5.47. The average Bonchev–Trinajstić information content (AvgIpc) is 2.49. The first-order chi connectivity index (χ1) is 5.97. The minimum atomic E-state index is 0.242. The van der Waals surface area contributed by atoms with Crippen molar-refractivity contribution >= 4 is 0 Å². The lowest BCUT2D eigenvalue weighted by Crippen LogP contribution is -2.52. The fourth-order valence-corrected chi connectivity index (χ4v) is 1.88. The summed E-state index contributed by atoms with van der Waals surface area (Å²) in [7, 11) is 0. The van der Waals surface area contributed by atoms with E-state index in [2.05, 4.69) is 38.3 Å². The molecule has 13 heavy (non-hydrogen) atoms. The zero-order chi connectivity index (χ0) is 9.95. The maximum Gasteiger partial charge on any atom is 0.0304 e. The lowest BCUT2D eigenvalue weighted by Gasteiger charge is -2.32. The first kappa shape index (κ1) is 11.0. The highest BCUT2D eigenvalue weighted by atomic mass is 15.1. The summed E-state index contributed by atoms with van der Waals surface area (Å²) >= 11 is 0. The molecular formula is C11H24N2. The van der Waals surface area contributed by atoms with Crippen LogP contribution in [0.25, 0.3) is 0 Å².